The summed E-state index contributed by atoms with van der Waals surface area (Å²) in [6.45, 7) is 0.527. The zero-order chi connectivity index (χ0) is 21.7. The van der Waals surface area contributed by atoms with Crippen molar-refractivity contribution in [2.75, 3.05) is 0 Å². The maximum absolute atomic E-state index is 13.4. The van der Waals surface area contributed by atoms with Crippen molar-refractivity contribution in [2.24, 2.45) is 0 Å². The number of nitrogens with zero attached hydrogens (tertiary/aromatic N) is 2. The van der Waals surface area contributed by atoms with Crippen molar-refractivity contribution in [3.8, 4) is 6.07 Å². The van der Waals surface area contributed by atoms with Crippen LogP contribution in [0.5, 0.6) is 0 Å². The molecule has 1 amide bonds. The first-order valence-corrected chi connectivity index (χ1v) is 12.6. The summed E-state index contributed by atoms with van der Waals surface area (Å²) >= 11 is 1.52. The summed E-state index contributed by atoms with van der Waals surface area (Å²) in [5, 5.41) is 8.92. The Bertz CT molecular complexity index is 976. The van der Waals surface area contributed by atoms with Crippen LogP contribution in [0.2, 0.25) is 0 Å². The number of rotatable bonds is 10. The minimum absolute atomic E-state index is 0.0116. The molecule has 31 heavy (non-hydrogen) atoms. The molecule has 0 fully saturated rings. The Hall–Kier alpha value is -2.77. The van der Waals surface area contributed by atoms with Gasteiger partial charge in [-0.2, -0.15) is 0 Å². The topological polar surface area (TPSA) is 44.1 Å². The number of nitriles is 1. The van der Waals surface area contributed by atoms with Crippen LogP contribution in [0.1, 0.15) is 24.8 Å². The second-order valence-corrected chi connectivity index (χ2v) is 10.4. The molecule has 0 spiro atoms. The van der Waals surface area contributed by atoms with E-state index in [-0.39, 0.29) is 20.9 Å². The normalized spacial score (nSPS) is 11.0. The molecular formula is C26H24N2OSSe. The zero-order valence-electron chi connectivity index (χ0n) is 17.2. The summed E-state index contributed by atoms with van der Waals surface area (Å²) in [5.74, 6) is -0.0116. The molecule has 0 saturated heterocycles. The molecule has 0 bridgehead atoms. The number of allylic oxidation sites excluding steroid dienone is 1. The van der Waals surface area contributed by atoms with E-state index < -0.39 is 0 Å². The standard InChI is InChI=1S/C26H24N2OSSe/c27-19-11-10-18-25(31-24-16-8-3-9-17-24)20-26(29)28(21-22-12-4-1-5-13-22)30-23-14-6-2-7-15-23/h1-9,12-17,20H,10-11,18,21H2/b25-20-. The average Bonchev–Trinajstić information content (AvgIpc) is 2.81. The number of carbonyl (C=O) groups excluding carboxylic acids is 1. The fraction of sp³-hybridized carbons (Fsp3) is 0.154. The van der Waals surface area contributed by atoms with E-state index in [4.69, 9.17) is 5.26 Å². The van der Waals surface area contributed by atoms with E-state index in [0.29, 0.717) is 13.0 Å². The van der Waals surface area contributed by atoms with Crippen molar-refractivity contribution in [3.05, 3.63) is 107 Å². The fourth-order valence-corrected chi connectivity index (χ4v) is 5.85. The van der Waals surface area contributed by atoms with Crippen molar-refractivity contribution in [3.63, 3.8) is 0 Å². The number of hydrogen-bond acceptors (Lipinski definition) is 3. The van der Waals surface area contributed by atoms with Crippen LogP contribution in [0.25, 0.3) is 0 Å². The van der Waals surface area contributed by atoms with E-state index in [1.54, 1.807) is 6.08 Å². The number of hydrogen-bond donors (Lipinski definition) is 0. The predicted molar refractivity (Wildman–Crippen MR) is 129 cm³/mol. The quantitative estimate of drug-likeness (QED) is 0.167. The van der Waals surface area contributed by atoms with Gasteiger partial charge in [-0.05, 0) is 0 Å². The van der Waals surface area contributed by atoms with Crippen molar-refractivity contribution >= 4 is 37.3 Å². The Morgan fingerprint density at radius 3 is 2.19 bits per heavy atom. The second kappa shape index (κ2) is 12.8. The van der Waals surface area contributed by atoms with Gasteiger partial charge >= 0.3 is 196 Å². The van der Waals surface area contributed by atoms with Crippen LogP contribution in [-0.2, 0) is 11.3 Å². The first-order chi connectivity index (χ1) is 15.2. The van der Waals surface area contributed by atoms with Crippen LogP contribution >= 0.6 is 11.9 Å². The molecule has 0 aliphatic carbocycles. The van der Waals surface area contributed by atoms with Crippen LogP contribution < -0.4 is 4.46 Å². The summed E-state index contributed by atoms with van der Waals surface area (Å²) < 4.78 is 4.16. The first kappa shape index (κ1) is 22.9. The van der Waals surface area contributed by atoms with Gasteiger partial charge in [-0.1, -0.05) is 0 Å². The monoisotopic (exact) mass is 492 g/mol. The van der Waals surface area contributed by atoms with E-state index in [0.717, 1.165) is 27.8 Å². The zero-order valence-corrected chi connectivity index (χ0v) is 19.7. The van der Waals surface area contributed by atoms with Crippen molar-refractivity contribution in [2.45, 2.75) is 30.7 Å². The van der Waals surface area contributed by atoms with Gasteiger partial charge in [-0.25, -0.2) is 0 Å². The Labute approximate surface area is 195 Å². The summed E-state index contributed by atoms with van der Waals surface area (Å²) in [4.78, 5) is 14.4. The van der Waals surface area contributed by atoms with Gasteiger partial charge in [-0.15, -0.1) is 0 Å². The van der Waals surface area contributed by atoms with E-state index in [2.05, 4.69) is 18.2 Å². The molecule has 3 aromatic rings. The molecular weight excluding hydrogens is 467 g/mol. The molecule has 3 rings (SSSR count). The number of carbonyl (C=O) groups is 1. The molecule has 0 aromatic heterocycles. The van der Waals surface area contributed by atoms with E-state index in [1.807, 2.05) is 83.2 Å². The van der Waals surface area contributed by atoms with Crippen LogP contribution in [0.4, 0.5) is 0 Å². The van der Waals surface area contributed by atoms with Crippen molar-refractivity contribution in [1.29, 1.82) is 5.26 Å². The third-order valence-corrected chi connectivity index (χ3v) is 7.67. The average molecular weight is 492 g/mol. The molecule has 0 aliphatic heterocycles. The number of unbranched alkanes of at least 4 members (excludes halogenated alkanes) is 1. The molecule has 0 aliphatic rings. The van der Waals surface area contributed by atoms with Gasteiger partial charge in [0.2, 0.25) is 0 Å². The fourth-order valence-electron chi connectivity index (χ4n) is 2.86. The van der Waals surface area contributed by atoms with Gasteiger partial charge < -0.3 is 0 Å². The van der Waals surface area contributed by atoms with Gasteiger partial charge in [0.05, 0.1) is 0 Å². The Kier molecular flexibility index (Phi) is 9.47. The molecule has 3 nitrogen and oxygen atoms in total. The van der Waals surface area contributed by atoms with E-state index in [1.165, 1.54) is 16.4 Å². The third kappa shape index (κ3) is 8.11. The van der Waals surface area contributed by atoms with Crippen molar-refractivity contribution < 1.29 is 4.79 Å². The van der Waals surface area contributed by atoms with Crippen LogP contribution in [0, 0.1) is 11.3 Å². The van der Waals surface area contributed by atoms with Gasteiger partial charge in [0.15, 0.2) is 0 Å². The van der Waals surface area contributed by atoms with Gasteiger partial charge in [0.1, 0.15) is 0 Å². The Morgan fingerprint density at radius 2 is 1.55 bits per heavy atom. The van der Waals surface area contributed by atoms with Gasteiger partial charge in [0.25, 0.3) is 0 Å². The van der Waals surface area contributed by atoms with Crippen LogP contribution in [-0.4, -0.2) is 25.2 Å². The molecule has 0 radical (unpaired) electrons. The molecule has 0 atom stereocenters. The van der Waals surface area contributed by atoms with Gasteiger partial charge in [0, 0.05) is 0 Å². The number of benzene rings is 3. The van der Waals surface area contributed by atoms with Crippen LogP contribution in [0.15, 0.2) is 106 Å². The molecule has 3 aromatic carbocycles. The molecule has 0 N–H and O–H groups in total. The van der Waals surface area contributed by atoms with Crippen LogP contribution in [0.3, 0.4) is 0 Å². The summed E-state index contributed by atoms with van der Waals surface area (Å²) in [6, 6.07) is 32.5. The molecule has 5 heteroatoms. The second-order valence-electron chi connectivity index (χ2n) is 6.80. The third-order valence-electron chi connectivity index (χ3n) is 4.36. The summed E-state index contributed by atoms with van der Waals surface area (Å²) in [7, 11) is 0. The summed E-state index contributed by atoms with van der Waals surface area (Å²) in [6.07, 6.45) is 3.84. The number of amides is 1. The molecule has 0 unspecified atom stereocenters. The Morgan fingerprint density at radius 1 is 0.935 bits per heavy atom. The molecule has 156 valence electrons. The molecule has 0 saturated carbocycles. The predicted octanol–water partition coefficient (Wildman–Crippen LogP) is 5.33. The van der Waals surface area contributed by atoms with E-state index >= 15 is 0 Å². The Balaban J connectivity index is 1.82. The van der Waals surface area contributed by atoms with Crippen molar-refractivity contribution in [1.82, 2.24) is 4.31 Å². The molecule has 0 heterocycles. The van der Waals surface area contributed by atoms with Gasteiger partial charge in [-0.3, -0.25) is 0 Å². The SMILES string of the molecule is N#CCCC/C(=C/C(=O)N(Cc1ccccc1)Sc1ccccc1)[Se]c1ccccc1. The maximum atomic E-state index is 13.4. The summed E-state index contributed by atoms with van der Waals surface area (Å²) in [5.41, 5.74) is 1.09. The van der Waals surface area contributed by atoms with E-state index in [9.17, 15) is 4.79 Å². The first-order valence-electron chi connectivity index (χ1n) is 10.1. The minimum atomic E-state index is -0.0116.